The maximum atomic E-state index is 11.6. The Morgan fingerprint density at radius 2 is 1.92 bits per heavy atom. The van der Waals surface area contributed by atoms with Crippen molar-refractivity contribution in [2.45, 2.75) is 19.6 Å². The summed E-state index contributed by atoms with van der Waals surface area (Å²) in [5.74, 6) is 0. The van der Waals surface area contributed by atoms with Crippen LogP contribution in [0.3, 0.4) is 0 Å². The summed E-state index contributed by atoms with van der Waals surface area (Å²) in [6, 6.07) is -0.237. The molecule has 74 valence electrons. The number of carbonyl (C=O) groups excluding carboxylic acids is 2. The molecule has 0 saturated carbocycles. The molecule has 0 aliphatic carbocycles. The van der Waals surface area contributed by atoms with E-state index in [0.717, 1.165) is 4.90 Å². The largest absolute Gasteiger partial charge is 0.350 e. The first-order chi connectivity index (χ1) is 5.84. The zero-order chi connectivity index (χ0) is 10.2. The van der Waals surface area contributed by atoms with Crippen molar-refractivity contribution in [3.63, 3.8) is 0 Å². The molecule has 0 bridgehead atoms. The van der Waals surface area contributed by atoms with Crippen LogP contribution in [0, 0.1) is 0 Å². The monoisotopic (exact) mass is 220 g/mol. The van der Waals surface area contributed by atoms with Crippen molar-refractivity contribution < 1.29 is 9.59 Å². The van der Waals surface area contributed by atoms with Gasteiger partial charge in [0.25, 0.3) is 0 Å². The number of hydrogen-bond acceptors (Lipinski definition) is 2. The zero-order valence-corrected chi connectivity index (χ0v) is 9.76. The predicted octanol–water partition coefficient (Wildman–Crippen LogP) is 1.92. The van der Waals surface area contributed by atoms with Crippen molar-refractivity contribution in [3.05, 3.63) is 0 Å². The lowest BCUT2D eigenvalue weighted by atomic mass is 10.6. The van der Waals surface area contributed by atoms with Crippen LogP contribution in [0.2, 0.25) is 19.6 Å². The molecule has 0 atom stereocenters. The molecule has 0 spiro atoms. The zero-order valence-electron chi connectivity index (χ0n) is 8.00. The molecular weight excluding hydrogens is 208 g/mol. The van der Waals surface area contributed by atoms with Crippen LogP contribution in [0.1, 0.15) is 0 Å². The Morgan fingerprint density at radius 1 is 1.38 bits per heavy atom. The molecule has 0 radical (unpaired) electrons. The van der Waals surface area contributed by atoms with E-state index in [1.54, 1.807) is 4.57 Å². The van der Waals surface area contributed by atoms with Gasteiger partial charge < -0.3 is 4.57 Å². The van der Waals surface area contributed by atoms with Gasteiger partial charge in [-0.2, -0.15) is 0 Å². The minimum Gasteiger partial charge on any atom is -0.350 e. The summed E-state index contributed by atoms with van der Waals surface area (Å²) in [5, 5.41) is -0.675. The van der Waals surface area contributed by atoms with Crippen LogP contribution in [0.25, 0.3) is 0 Å². The number of carbonyl (C=O) groups is 2. The van der Waals surface area contributed by atoms with Crippen LogP contribution in [0.5, 0.6) is 0 Å². The normalized spacial score (nSPS) is 18.3. The van der Waals surface area contributed by atoms with Crippen molar-refractivity contribution in [1.29, 1.82) is 0 Å². The first-order valence-corrected chi connectivity index (χ1v) is 7.95. The Kier molecular flexibility index (Phi) is 2.68. The van der Waals surface area contributed by atoms with Crippen LogP contribution < -0.4 is 0 Å². The average molecular weight is 221 g/mol. The highest BCUT2D eigenvalue weighted by atomic mass is 35.5. The van der Waals surface area contributed by atoms with E-state index in [-0.39, 0.29) is 6.03 Å². The summed E-state index contributed by atoms with van der Waals surface area (Å²) in [4.78, 5) is 23.4. The number of imide groups is 1. The van der Waals surface area contributed by atoms with Crippen molar-refractivity contribution >= 4 is 31.2 Å². The first-order valence-electron chi connectivity index (χ1n) is 4.12. The first kappa shape index (κ1) is 10.5. The second-order valence-electron chi connectivity index (χ2n) is 4.01. The highest BCUT2D eigenvalue weighted by molar-refractivity contribution is 6.76. The summed E-state index contributed by atoms with van der Waals surface area (Å²) in [6.45, 7) is 7.23. The number of hydrogen-bond donors (Lipinski definition) is 0. The predicted molar refractivity (Wildman–Crippen MR) is 53.4 cm³/mol. The van der Waals surface area contributed by atoms with Gasteiger partial charge in [0.15, 0.2) is 8.24 Å². The van der Waals surface area contributed by atoms with Crippen LogP contribution in [-0.4, -0.2) is 42.2 Å². The fourth-order valence-electron chi connectivity index (χ4n) is 1.32. The van der Waals surface area contributed by atoms with Crippen LogP contribution >= 0.6 is 11.6 Å². The van der Waals surface area contributed by atoms with E-state index in [9.17, 15) is 9.59 Å². The third-order valence-corrected chi connectivity index (χ3v) is 4.27. The fraction of sp³-hybridized carbons (Fsp3) is 0.714. The molecule has 1 fully saturated rings. The van der Waals surface area contributed by atoms with Crippen LogP contribution in [0.15, 0.2) is 0 Å². The van der Waals surface area contributed by atoms with Gasteiger partial charge in [-0.05, 0) is 11.6 Å². The second kappa shape index (κ2) is 3.30. The third kappa shape index (κ3) is 2.03. The van der Waals surface area contributed by atoms with Crippen LogP contribution in [0.4, 0.5) is 9.59 Å². The average Bonchev–Trinajstić information content (AvgIpc) is 2.28. The van der Waals surface area contributed by atoms with Gasteiger partial charge in [-0.1, -0.05) is 19.6 Å². The second-order valence-corrected chi connectivity index (χ2v) is 9.21. The molecule has 3 amide bonds. The fourth-order valence-corrected chi connectivity index (χ4v) is 2.94. The minimum absolute atomic E-state index is 0.237. The smallest absolute Gasteiger partial charge is 0.324 e. The molecule has 0 N–H and O–H groups in total. The van der Waals surface area contributed by atoms with Gasteiger partial charge in [0, 0.05) is 13.1 Å². The quantitative estimate of drug-likeness (QED) is 0.385. The maximum absolute atomic E-state index is 11.6. The van der Waals surface area contributed by atoms with E-state index in [0.29, 0.717) is 13.1 Å². The van der Waals surface area contributed by atoms with E-state index in [2.05, 4.69) is 19.6 Å². The Labute approximate surface area is 83.5 Å². The Hall–Kier alpha value is -0.553. The summed E-state index contributed by atoms with van der Waals surface area (Å²) < 4.78 is 1.77. The van der Waals surface area contributed by atoms with E-state index in [1.807, 2.05) is 0 Å². The van der Waals surface area contributed by atoms with Crippen molar-refractivity contribution in [2.24, 2.45) is 0 Å². The lowest BCUT2D eigenvalue weighted by Gasteiger charge is -2.28. The molecule has 1 aliphatic heterocycles. The van der Waals surface area contributed by atoms with Gasteiger partial charge in [-0.15, -0.1) is 0 Å². The van der Waals surface area contributed by atoms with Gasteiger partial charge in [0.2, 0.25) is 0 Å². The lowest BCUT2D eigenvalue weighted by molar-refractivity contribution is 0.205. The molecule has 1 saturated heterocycles. The van der Waals surface area contributed by atoms with Gasteiger partial charge in [-0.3, -0.25) is 4.79 Å². The van der Waals surface area contributed by atoms with E-state index in [4.69, 9.17) is 11.6 Å². The molecule has 6 heteroatoms. The Morgan fingerprint density at radius 3 is 2.15 bits per heavy atom. The molecule has 0 aromatic rings. The molecule has 1 aliphatic rings. The third-order valence-electron chi connectivity index (χ3n) is 2.03. The highest BCUT2D eigenvalue weighted by Gasteiger charge is 2.38. The van der Waals surface area contributed by atoms with Gasteiger partial charge >= 0.3 is 11.4 Å². The van der Waals surface area contributed by atoms with E-state index in [1.165, 1.54) is 0 Å². The number of halogens is 1. The molecule has 13 heavy (non-hydrogen) atoms. The Bertz CT molecular complexity index is 251. The number of rotatable bonds is 1. The summed E-state index contributed by atoms with van der Waals surface area (Å²) >= 11 is 5.25. The standard InChI is InChI=1S/C7H13ClN2O2Si/c1-13(2,3)10-5-4-9(6(8)11)7(10)12/h4-5H2,1-3H3. The number of nitrogens with zero attached hydrogens (tertiary/aromatic N) is 2. The van der Waals surface area contributed by atoms with E-state index >= 15 is 0 Å². The van der Waals surface area contributed by atoms with E-state index < -0.39 is 13.6 Å². The maximum Gasteiger partial charge on any atom is 0.324 e. The topological polar surface area (TPSA) is 40.6 Å². The lowest BCUT2D eigenvalue weighted by Crippen LogP contribution is -2.48. The highest BCUT2D eigenvalue weighted by Crippen LogP contribution is 2.18. The molecule has 0 unspecified atom stereocenters. The van der Waals surface area contributed by atoms with Gasteiger partial charge in [0.1, 0.15) is 0 Å². The van der Waals surface area contributed by atoms with Crippen LogP contribution in [-0.2, 0) is 0 Å². The van der Waals surface area contributed by atoms with Crippen molar-refractivity contribution in [3.8, 4) is 0 Å². The molecular formula is C7H13ClN2O2Si. The summed E-state index contributed by atoms with van der Waals surface area (Å²) in [6.07, 6.45) is 0. The number of urea groups is 1. The Balaban J connectivity index is 2.77. The summed E-state index contributed by atoms with van der Waals surface area (Å²) in [5.41, 5.74) is 0. The van der Waals surface area contributed by atoms with Gasteiger partial charge in [0.05, 0.1) is 0 Å². The molecule has 0 aromatic carbocycles. The molecule has 4 nitrogen and oxygen atoms in total. The molecule has 1 heterocycles. The SMILES string of the molecule is C[Si](C)(C)N1CCN(C(=O)Cl)C1=O. The number of amides is 3. The summed E-state index contributed by atoms with van der Waals surface area (Å²) in [7, 11) is -1.64. The van der Waals surface area contributed by atoms with Gasteiger partial charge in [-0.25, -0.2) is 9.69 Å². The minimum atomic E-state index is -1.64. The van der Waals surface area contributed by atoms with Crippen molar-refractivity contribution in [2.75, 3.05) is 13.1 Å². The molecule has 0 aromatic heterocycles. The molecule has 1 rings (SSSR count). The van der Waals surface area contributed by atoms with Crippen molar-refractivity contribution in [1.82, 2.24) is 9.47 Å².